The van der Waals surface area contributed by atoms with Gasteiger partial charge in [-0.1, -0.05) is 23.2 Å². The smallest absolute Gasteiger partial charge is 0.306 e. The molecule has 6 heteroatoms. The molecule has 2 atom stereocenters. The molecule has 1 aromatic carbocycles. The number of nitrogens with zero attached hydrogens (tertiary/aromatic N) is 1. The van der Waals surface area contributed by atoms with E-state index in [0.717, 1.165) is 6.42 Å². The molecule has 1 aliphatic rings. The van der Waals surface area contributed by atoms with Crippen LogP contribution in [0.15, 0.2) is 16.5 Å². The van der Waals surface area contributed by atoms with Gasteiger partial charge in [0.25, 0.3) is 0 Å². The first-order valence-electron chi connectivity index (χ1n) is 6.03. The van der Waals surface area contributed by atoms with Gasteiger partial charge in [0.1, 0.15) is 5.52 Å². The molecule has 1 fully saturated rings. The van der Waals surface area contributed by atoms with Crippen molar-refractivity contribution in [3.05, 3.63) is 28.1 Å². The van der Waals surface area contributed by atoms with Gasteiger partial charge in [0.05, 0.1) is 10.9 Å². The Kier molecular flexibility index (Phi) is 3.15. The highest BCUT2D eigenvalue weighted by atomic mass is 35.5. The maximum absolute atomic E-state index is 11.0. The van der Waals surface area contributed by atoms with Crippen LogP contribution in [0.3, 0.4) is 0 Å². The van der Waals surface area contributed by atoms with Gasteiger partial charge in [-0.2, -0.15) is 0 Å². The number of carboxylic acid groups (broad SMARTS) is 1. The van der Waals surface area contributed by atoms with E-state index in [-0.39, 0.29) is 11.8 Å². The van der Waals surface area contributed by atoms with Crippen molar-refractivity contribution in [1.29, 1.82) is 0 Å². The molecule has 1 aliphatic carbocycles. The summed E-state index contributed by atoms with van der Waals surface area (Å²) < 4.78 is 5.67. The Balaban J connectivity index is 1.94. The lowest BCUT2D eigenvalue weighted by Gasteiger charge is -2.03. The Bertz CT molecular complexity index is 653. The maximum atomic E-state index is 11.0. The molecule has 0 radical (unpaired) electrons. The first-order chi connectivity index (χ1) is 9.04. The van der Waals surface area contributed by atoms with Crippen molar-refractivity contribution in [3.63, 3.8) is 0 Å². The summed E-state index contributed by atoms with van der Waals surface area (Å²) >= 11 is 12.0. The second-order valence-electron chi connectivity index (χ2n) is 4.83. The zero-order chi connectivity index (χ0) is 13.6. The monoisotopic (exact) mass is 299 g/mol. The van der Waals surface area contributed by atoms with E-state index in [0.29, 0.717) is 39.9 Å². The van der Waals surface area contributed by atoms with Gasteiger partial charge in [-0.3, -0.25) is 4.79 Å². The summed E-state index contributed by atoms with van der Waals surface area (Å²) in [5.74, 6) is -0.454. The number of oxazole rings is 1. The number of benzene rings is 1. The highest BCUT2D eigenvalue weighted by Gasteiger charge is 2.33. The number of hydrogen-bond donors (Lipinski definition) is 1. The molecule has 0 aliphatic heterocycles. The zero-order valence-corrected chi connectivity index (χ0v) is 11.4. The van der Waals surface area contributed by atoms with Gasteiger partial charge < -0.3 is 9.52 Å². The van der Waals surface area contributed by atoms with Gasteiger partial charge in [-0.05, 0) is 31.4 Å². The van der Waals surface area contributed by atoms with E-state index in [4.69, 9.17) is 32.7 Å². The SMILES string of the molecule is O=C(O)C1CCC(c2nc3cc(Cl)cc(Cl)c3o2)C1. The van der Waals surface area contributed by atoms with Gasteiger partial charge >= 0.3 is 5.97 Å². The molecule has 0 bridgehead atoms. The van der Waals surface area contributed by atoms with Crippen LogP contribution in [-0.2, 0) is 4.79 Å². The second-order valence-corrected chi connectivity index (χ2v) is 5.68. The van der Waals surface area contributed by atoms with Crippen molar-refractivity contribution >= 4 is 40.3 Å². The first-order valence-corrected chi connectivity index (χ1v) is 6.78. The number of aliphatic carboxylic acids is 1. The molecule has 3 rings (SSSR count). The third-order valence-corrected chi connectivity index (χ3v) is 4.06. The highest BCUT2D eigenvalue weighted by molar-refractivity contribution is 6.37. The summed E-state index contributed by atoms with van der Waals surface area (Å²) in [7, 11) is 0. The third-order valence-electron chi connectivity index (χ3n) is 3.56. The molecule has 1 saturated carbocycles. The van der Waals surface area contributed by atoms with E-state index in [1.54, 1.807) is 12.1 Å². The standard InChI is InChI=1S/C13H11Cl2NO3/c14-8-4-9(15)11-10(5-8)16-12(19-11)6-1-2-7(3-6)13(17)18/h4-7H,1-3H2,(H,17,18). The van der Waals surface area contributed by atoms with Crippen molar-refractivity contribution in [1.82, 2.24) is 4.98 Å². The van der Waals surface area contributed by atoms with Gasteiger partial charge in [0.2, 0.25) is 0 Å². The van der Waals surface area contributed by atoms with E-state index in [2.05, 4.69) is 4.98 Å². The van der Waals surface area contributed by atoms with Crippen LogP contribution >= 0.6 is 23.2 Å². The van der Waals surface area contributed by atoms with Crippen LogP contribution < -0.4 is 0 Å². The van der Waals surface area contributed by atoms with E-state index >= 15 is 0 Å². The van der Waals surface area contributed by atoms with E-state index < -0.39 is 5.97 Å². The van der Waals surface area contributed by atoms with E-state index in [1.165, 1.54) is 0 Å². The lowest BCUT2D eigenvalue weighted by Crippen LogP contribution is -2.09. The Morgan fingerprint density at radius 3 is 2.84 bits per heavy atom. The van der Waals surface area contributed by atoms with Crippen LogP contribution in [0.2, 0.25) is 10.0 Å². The summed E-state index contributed by atoms with van der Waals surface area (Å²) in [6.45, 7) is 0. The fourth-order valence-corrected chi connectivity index (χ4v) is 3.10. The van der Waals surface area contributed by atoms with Gasteiger partial charge in [0.15, 0.2) is 11.5 Å². The number of carbonyl (C=O) groups is 1. The normalized spacial score (nSPS) is 23.1. The predicted octanol–water partition coefficient (Wildman–Crippen LogP) is 4.10. The van der Waals surface area contributed by atoms with Crippen LogP contribution in [0.4, 0.5) is 0 Å². The van der Waals surface area contributed by atoms with Gasteiger partial charge in [-0.25, -0.2) is 4.98 Å². The Labute approximate surface area is 119 Å². The topological polar surface area (TPSA) is 63.3 Å². The lowest BCUT2D eigenvalue weighted by atomic mass is 10.1. The van der Waals surface area contributed by atoms with Crippen molar-refractivity contribution < 1.29 is 14.3 Å². The molecule has 1 N–H and O–H groups in total. The third kappa shape index (κ3) is 2.30. The molecule has 19 heavy (non-hydrogen) atoms. The summed E-state index contributed by atoms with van der Waals surface area (Å²) in [5, 5.41) is 9.94. The Morgan fingerprint density at radius 1 is 1.37 bits per heavy atom. The van der Waals surface area contributed by atoms with Gasteiger partial charge in [0, 0.05) is 10.9 Å². The fraction of sp³-hybridized carbons (Fsp3) is 0.385. The molecule has 4 nitrogen and oxygen atoms in total. The summed E-state index contributed by atoms with van der Waals surface area (Å²) in [4.78, 5) is 15.3. The minimum absolute atomic E-state index is 0.0448. The number of fused-ring (bicyclic) bond motifs is 1. The number of rotatable bonds is 2. The van der Waals surface area contributed by atoms with Crippen LogP contribution in [0.25, 0.3) is 11.1 Å². The predicted molar refractivity (Wildman–Crippen MR) is 71.7 cm³/mol. The van der Waals surface area contributed by atoms with Crippen LogP contribution in [0.1, 0.15) is 31.1 Å². The summed E-state index contributed by atoms with van der Waals surface area (Å²) in [5.41, 5.74) is 1.13. The minimum atomic E-state index is -0.750. The molecule has 2 aromatic rings. The largest absolute Gasteiger partial charge is 0.481 e. The zero-order valence-electron chi connectivity index (χ0n) is 9.90. The molecular weight excluding hydrogens is 289 g/mol. The number of aromatic nitrogens is 1. The van der Waals surface area contributed by atoms with Crippen LogP contribution in [0.5, 0.6) is 0 Å². The van der Waals surface area contributed by atoms with E-state index in [1.807, 2.05) is 0 Å². The number of carboxylic acids is 1. The quantitative estimate of drug-likeness (QED) is 0.906. The van der Waals surface area contributed by atoms with E-state index in [9.17, 15) is 4.79 Å². The van der Waals surface area contributed by atoms with Crippen LogP contribution in [0, 0.1) is 5.92 Å². The van der Waals surface area contributed by atoms with Crippen molar-refractivity contribution in [2.45, 2.75) is 25.2 Å². The van der Waals surface area contributed by atoms with Crippen molar-refractivity contribution in [2.75, 3.05) is 0 Å². The molecule has 100 valence electrons. The molecule has 0 saturated heterocycles. The van der Waals surface area contributed by atoms with Crippen molar-refractivity contribution in [2.24, 2.45) is 5.92 Å². The Morgan fingerprint density at radius 2 is 2.16 bits per heavy atom. The second kappa shape index (κ2) is 4.69. The van der Waals surface area contributed by atoms with Crippen molar-refractivity contribution in [3.8, 4) is 0 Å². The number of hydrogen-bond acceptors (Lipinski definition) is 3. The molecule has 0 amide bonds. The molecule has 1 heterocycles. The van der Waals surface area contributed by atoms with Gasteiger partial charge in [-0.15, -0.1) is 0 Å². The Hall–Kier alpha value is -1.26. The summed E-state index contributed by atoms with van der Waals surface area (Å²) in [6.07, 6.45) is 2.00. The molecule has 2 unspecified atom stereocenters. The molecule has 1 aromatic heterocycles. The molecule has 0 spiro atoms. The lowest BCUT2D eigenvalue weighted by molar-refractivity contribution is -0.141. The average molecular weight is 300 g/mol. The highest BCUT2D eigenvalue weighted by Crippen LogP contribution is 2.40. The fourth-order valence-electron chi connectivity index (χ4n) is 2.58. The number of halogens is 2. The minimum Gasteiger partial charge on any atom is -0.481 e. The maximum Gasteiger partial charge on any atom is 0.306 e. The molecular formula is C13H11Cl2NO3. The average Bonchev–Trinajstić information content (AvgIpc) is 2.92. The first kappa shape index (κ1) is 12.8. The summed E-state index contributed by atoms with van der Waals surface area (Å²) in [6, 6.07) is 3.30. The van der Waals surface area contributed by atoms with Crippen LogP contribution in [-0.4, -0.2) is 16.1 Å².